The van der Waals surface area contributed by atoms with Crippen molar-refractivity contribution in [1.29, 1.82) is 0 Å². The number of Topliss-reactive ketones (excluding diaryl/α,β-unsaturated/α-hetero) is 1. The summed E-state index contributed by atoms with van der Waals surface area (Å²) < 4.78 is 3.44. The molecule has 0 saturated heterocycles. The first-order valence-corrected chi connectivity index (χ1v) is 5.31. The Morgan fingerprint density at radius 2 is 2.29 bits per heavy atom. The number of rotatable bonds is 4. The molecule has 0 aliphatic carbocycles. The first-order chi connectivity index (χ1) is 8.08. The average molecular weight is 233 g/mol. The lowest BCUT2D eigenvalue weighted by Gasteiger charge is -2.08. The summed E-state index contributed by atoms with van der Waals surface area (Å²) in [4.78, 5) is 16.1. The number of imidazole rings is 1. The Bertz CT molecular complexity index is 527. The number of nitrogens with zero attached hydrogens (tertiary/aromatic N) is 4. The van der Waals surface area contributed by atoms with Crippen LogP contribution in [0.15, 0.2) is 24.8 Å². The van der Waals surface area contributed by atoms with Gasteiger partial charge in [-0.2, -0.15) is 5.10 Å². The minimum atomic E-state index is -0.639. The Kier molecular flexibility index (Phi) is 3.06. The van der Waals surface area contributed by atoms with Gasteiger partial charge < -0.3 is 10.3 Å². The number of hydrogen-bond donors (Lipinski definition) is 1. The topological polar surface area (TPSA) is 78.7 Å². The zero-order chi connectivity index (χ0) is 12.4. The standard InChI is InChI=1S/C11H15N5O/c1-15-4-3-13-10(15)5-9(17)11(12)8-6-14-16(2)7-8/h3-4,6-7,11H,5,12H2,1-2H3. The van der Waals surface area contributed by atoms with Crippen LogP contribution in [-0.2, 0) is 25.3 Å². The van der Waals surface area contributed by atoms with Gasteiger partial charge in [-0.3, -0.25) is 9.48 Å². The molecule has 6 nitrogen and oxygen atoms in total. The van der Waals surface area contributed by atoms with Crippen molar-refractivity contribution in [2.24, 2.45) is 19.8 Å². The van der Waals surface area contributed by atoms with E-state index in [1.54, 1.807) is 36.5 Å². The van der Waals surface area contributed by atoms with Crippen molar-refractivity contribution in [3.8, 4) is 0 Å². The fourth-order valence-electron chi connectivity index (χ4n) is 1.62. The van der Waals surface area contributed by atoms with Gasteiger partial charge >= 0.3 is 0 Å². The molecule has 2 aromatic rings. The second-order valence-electron chi connectivity index (χ2n) is 4.02. The van der Waals surface area contributed by atoms with Crippen molar-refractivity contribution in [2.45, 2.75) is 12.5 Å². The molecule has 2 rings (SSSR count). The fourth-order valence-corrected chi connectivity index (χ4v) is 1.62. The van der Waals surface area contributed by atoms with Crippen molar-refractivity contribution >= 4 is 5.78 Å². The first-order valence-electron chi connectivity index (χ1n) is 5.31. The van der Waals surface area contributed by atoms with E-state index >= 15 is 0 Å². The highest BCUT2D eigenvalue weighted by atomic mass is 16.1. The maximum Gasteiger partial charge on any atom is 0.161 e. The second-order valence-corrected chi connectivity index (χ2v) is 4.02. The van der Waals surface area contributed by atoms with Crippen LogP contribution in [0.3, 0.4) is 0 Å². The van der Waals surface area contributed by atoms with Gasteiger partial charge in [-0.25, -0.2) is 4.98 Å². The largest absolute Gasteiger partial charge is 0.338 e. The number of hydrogen-bond acceptors (Lipinski definition) is 4. The molecule has 1 atom stereocenters. The maximum atomic E-state index is 12.0. The molecule has 0 spiro atoms. The smallest absolute Gasteiger partial charge is 0.161 e. The Morgan fingerprint density at radius 1 is 1.53 bits per heavy atom. The normalized spacial score (nSPS) is 12.6. The minimum absolute atomic E-state index is 0.0627. The third kappa shape index (κ3) is 2.42. The monoisotopic (exact) mass is 233 g/mol. The van der Waals surface area contributed by atoms with E-state index in [4.69, 9.17) is 5.73 Å². The van der Waals surface area contributed by atoms with Crippen LogP contribution in [0.4, 0.5) is 0 Å². The van der Waals surface area contributed by atoms with Crippen LogP contribution in [0.1, 0.15) is 17.4 Å². The molecule has 0 radical (unpaired) electrons. The van der Waals surface area contributed by atoms with Gasteiger partial charge in [0.05, 0.1) is 18.7 Å². The first kappa shape index (κ1) is 11.5. The highest BCUT2D eigenvalue weighted by molar-refractivity contribution is 5.86. The molecular formula is C11H15N5O. The quantitative estimate of drug-likeness (QED) is 0.804. The lowest BCUT2D eigenvalue weighted by molar-refractivity contribution is -0.119. The number of nitrogens with two attached hydrogens (primary N) is 1. The summed E-state index contributed by atoms with van der Waals surface area (Å²) in [5.41, 5.74) is 6.61. The molecule has 90 valence electrons. The van der Waals surface area contributed by atoms with E-state index in [0.717, 1.165) is 5.56 Å². The van der Waals surface area contributed by atoms with Crippen LogP contribution in [0.2, 0.25) is 0 Å². The predicted octanol–water partition coefficient (Wildman–Crippen LogP) is -0.0348. The van der Waals surface area contributed by atoms with Crippen molar-refractivity contribution in [3.05, 3.63) is 36.2 Å². The van der Waals surface area contributed by atoms with Crippen LogP contribution in [-0.4, -0.2) is 25.1 Å². The van der Waals surface area contributed by atoms with Crippen LogP contribution >= 0.6 is 0 Å². The highest BCUT2D eigenvalue weighted by Crippen LogP contribution is 2.12. The fraction of sp³-hybridized carbons (Fsp3) is 0.364. The summed E-state index contributed by atoms with van der Waals surface area (Å²) in [6.07, 6.45) is 7.07. The summed E-state index contributed by atoms with van der Waals surface area (Å²) in [5, 5.41) is 4.00. The van der Waals surface area contributed by atoms with E-state index in [2.05, 4.69) is 10.1 Å². The van der Waals surface area contributed by atoms with Gasteiger partial charge in [-0.05, 0) is 0 Å². The molecule has 17 heavy (non-hydrogen) atoms. The summed E-state index contributed by atoms with van der Waals surface area (Å²) in [7, 11) is 3.64. The van der Waals surface area contributed by atoms with E-state index in [0.29, 0.717) is 5.82 Å². The van der Waals surface area contributed by atoms with Gasteiger partial charge in [0.15, 0.2) is 5.78 Å². The molecule has 1 unspecified atom stereocenters. The predicted molar refractivity (Wildman–Crippen MR) is 62.1 cm³/mol. The Labute approximate surface area is 99.1 Å². The molecule has 0 aliphatic rings. The van der Waals surface area contributed by atoms with Crippen LogP contribution < -0.4 is 5.73 Å². The molecule has 2 N–H and O–H groups in total. The number of aryl methyl sites for hydroxylation is 2. The molecule has 0 amide bonds. The number of ketones is 1. The van der Waals surface area contributed by atoms with Crippen molar-refractivity contribution < 1.29 is 4.79 Å². The number of aromatic nitrogens is 4. The van der Waals surface area contributed by atoms with Crippen molar-refractivity contribution in [3.63, 3.8) is 0 Å². The van der Waals surface area contributed by atoms with Gasteiger partial charge in [0, 0.05) is 38.2 Å². The molecule has 2 aromatic heterocycles. The summed E-state index contributed by atoms with van der Waals surface area (Å²) >= 11 is 0. The van der Waals surface area contributed by atoms with Gasteiger partial charge in [-0.15, -0.1) is 0 Å². The Morgan fingerprint density at radius 3 is 2.82 bits per heavy atom. The van der Waals surface area contributed by atoms with Gasteiger partial charge in [0.1, 0.15) is 5.82 Å². The van der Waals surface area contributed by atoms with Gasteiger partial charge in [0.2, 0.25) is 0 Å². The maximum absolute atomic E-state index is 12.0. The SMILES string of the molecule is Cn1cc(C(N)C(=O)Cc2nccn2C)cn1. The molecule has 0 saturated carbocycles. The molecule has 0 aromatic carbocycles. The van der Waals surface area contributed by atoms with Crippen molar-refractivity contribution in [2.75, 3.05) is 0 Å². The van der Waals surface area contributed by atoms with E-state index < -0.39 is 6.04 Å². The summed E-state index contributed by atoms with van der Waals surface area (Å²) in [5.74, 6) is 0.654. The second kappa shape index (κ2) is 4.50. The van der Waals surface area contributed by atoms with Crippen molar-refractivity contribution in [1.82, 2.24) is 19.3 Å². The lowest BCUT2D eigenvalue weighted by atomic mass is 10.1. The van der Waals surface area contributed by atoms with E-state index in [-0.39, 0.29) is 12.2 Å². The average Bonchev–Trinajstić information content (AvgIpc) is 2.88. The minimum Gasteiger partial charge on any atom is -0.338 e. The van der Waals surface area contributed by atoms with Gasteiger partial charge in [-0.1, -0.05) is 0 Å². The van der Waals surface area contributed by atoms with Crippen LogP contribution in [0.25, 0.3) is 0 Å². The molecule has 6 heteroatoms. The third-order valence-corrected chi connectivity index (χ3v) is 2.68. The highest BCUT2D eigenvalue weighted by Gasteiger charge is 2.19. The van der Waals surface area contributed by atoms with Gasteiger partial charge in [0.25, 0.3) is 0 Å². The number of carbonyl (C=O) groups excluding carboxylic acids is 1. The Hall–Kier alpha value is -1.95. The summed E-state index contributed by atoms with van der Waals surface area (Å²) in [6.45, 7) is 0. The Balaban J connectivity index is 2.08. The zero-order valence-corrected chi connectivity index (χ0v) is 9.87. The third-order valence-electron chi connectivity index (χ3n) is 2.68. The molecule has 0 bridgehead atoms. The van der Waals surface area contributed by atoms with Crippen LogP contribution in [0.5, 0.6) is 0 Å². The summed E-state index contributed by atoms with van der Waals surface area (Å²) in [6, 6.07) is -0.639. The molecular weight excluding hydrogens is 218 g/mol. The van der Waals surface area contributed by atoms with E-state index in [9.17, 15) is 4.79 Å². The van der Waals surface area contributed by atoms with E-state index in [1.807, 2.05) is 11.6 Å². The molecule has 0 fully saturated rings. The lowest BCUT2D eigenvalue weighted by Crippen LogP contribution is -2.23. The molecule has 2 heterocycles. The van der Waals surface area contributed by atoms with Crippen LogP contribution in [0, 0.1) is 0 Å². The zero-order valence-electron chi connectivity index (χ0n) is 9.87. The van der Waals surface area contributed by atoms with E-state index in [1.165, 1.54) is 0 Å². The molecule has 0 aliphatic heterocycles. The number of carbonyl (C=O) groups is 1.